The number of halogens is 5. The van der Waals surface area contributed by atoms with Gasteiger partial charge in [-0.25, -0.2) is 0 Å². The van der Waals surface area contributed by atoms with Crippen molar-refractivity contribution < 1.29 is 26.7 Å². The van der Waals surface area contributed by atoms with Crippen molar-refractivity contribution in [3.63, 3.8) is 0 Å². The summed E-state index contributed by atoms with van der Waals surface area (Å²) in [6.45, 7) is 0. The number of rotatable bonds is 5. The second-order valence-corrected chi connectivity index (χ2v) is 6.00. The number of alkyl halides is 5. The molecule has 0 aromatic heterocycles. The van der Waals surface area contributed by atoms with Gasteiger partial charge in [0.25, 0.3) is 0 Å². The molecule has 0 saturated carbocycles. The van der Waals surface area contributed by atoms with Crippen LogP contribution in [0.5, 0.6) is 0 Å². The normalized spacial score (nSPS) is 12.6. The lowest BCUT2D eigenvalue weighted by molar-refractivity contribution is -0.266. The third-order valence-corrected chi connectivity index (χ3v) is 4.15. The van der Waals surface area contributed by atoms with E-state index in [2.05, 4.69) is 0 Å². The van der Waals surface area contributed by atoms with Gasteiger partial charge in [0.2, 0.25) is 5.78 Å². The van der Waals surface area contributed by atoms with Crippen LogP contribution < -0.4 is 0 Å². The molecule has 25 heavy (non-hydrogen) atoms. The van der Waals surface area contributed by atoms with Gasteiger partial charge in [-0.05, 0) is 47.2 Å². The molecule has 0 aliphatic heterocycles. The molecule has 0 unspecified atom stereocenters. The Kier molecular flexibility index (Phi) is 5.67. The van der Waals surface area contributed by atoms with E-state index in [9.17, 15) is 26.7 Å². The summed E-state index contributed by atoms with van der Waals surface area (Å²) in [6.07, 6.45) is -2.77. The summed E-state index contributed by atoms with van der Waals surface area (Å²) in [7, 11) is 0. The zero-order chi connectivity index (χ0) is 18.7. The van der Waals surface area contributed by atoms with Gasteiger partial charge in [0.05, 0.1) is 0 Å². The molecule has 0 heterocycles. The number of hydrogen-bond donors (Lipinski definition) is 0. The van der Waals surface area contributed by atoms with Crippen LogP contribution in [0.4, 0.5) is 22.0 Å². The van der Waals surface area contributed by atoms with Gasteiger partial charge in [-0.15, -0.1) is 11.8 Å². The Morgan fingerprint density at radius 1 is 0.960 bits per heavy atom. The van der Waals surface area contributed by atoms with Crippen molar-refractivity contribution in [2.24, 2.45) is 0 Å². The van der Waals surface area contributed by atoms with Crippen molar-refractivity contribution in [2.45, 2.75) is 17.0 Å². The maximum atomic E-state index is 12.9. The lowest BCUT2D eigenvalue weighted by atomic mass is 10.0. The van der Waals surface area contributed by atoms with Crippen LogP contribution in [0.25, 0.3) is 17.2 Å². The Bertz CT molecular complexity index is 779. The van der Waals surface area contributed by atoms with Gasteiger partial charge in [0.1, 0.15) is 0 Å². The van der Waals surface area contributed by atoms with Crippen LogP contribution in [-0.4, -0.2) is 24.1 Å². The second-order valence-electron chi connectivity index (χ2n) is 5.12. The topological polar surface area (TPSA) is 17.1 Å². The molecule has 7 heteroatoms. The third-order valence-electron chi connectivity index (χ3n) is 3.40. The summed E-state index contributed by atoms with van der Waals surface area (Å²) in [6, 6.07) is 14.1. The Labute approximate surface area is 145 Å². The molecule has 0 fully saturated rings. The van der Waals surface area contributed by atoms with Crippen LogP contribution in [0.3, 0.4) is 0 Å². The Morgan fingerprint density at radius 2 is 1.60 bits per heavy atom. The molecule has 0 amide bonds. The summed E-state index contributed by atoms with van der Waals surface area (Å²) in [4.78, 5) is 12.2. The Hall–Kier alpha value is -2.15. The quantitative estimate of drug-likeness (QED) is 0.372. The summed E-state index contributed by atoms with van der Waals surface area (Å²) < 4.78 is 62.3. The highest BCUT2D eigenvalue weighted by molar-refractivity contribution is 7.98. The average molecular weight is 372 g/mol. The summed E-state index contributed by atoms with van der Waals surface area (Å²) in [5, 5.41) is 0. The molecule has 0 saturated heterocycles. The van der Waals surface area contributed by atoms with E-state index in [1.807, 2.05) is 30.5 Å². The molecule has 2 rings (SSSR count). The minimum absolute atomic E-state index is 0.253. The lowest BCUT2D eigenvalue weighted by Crippen LogP contribution is -2.43. The van der Waals surface area contributed by atoms with E-state index in [-0.39, 0.29) is 6.08 Å². The first-order chi connectivity index (χ1) is 11.6. The Balaban J connectivity index is 2.22. The van der Waals surface area contributed by atoms with E-state index in [0.717, 1.165) is 22.1 Å². The van der Waals surface area contributed by atoms with E-state index in [1.54, 1.807) is 30.0 Å². The van der Waals surface area contributed by atoms with Gasteiger partial charge in [-0.3, -0.25) is 4.79 Å². The first kappa shape index (κ1) is 19.2. The van der Waals surface area contributed by atoms with Crippen LogP contribution in [0.15, 0.2) is 59.5 Å². The van der Waals surface area contributed by atoms with Crippen LogP contribution in [0, 0.1) is 0 Å². The van der Waals surface area contributed by atoms with Crippen LogP contribution in [-0.2, 0) is 4.79 Å². The number of ketones is 1. The highest BCUT2D eigenvalue weighted by atomic mass is 32.2. The van der Waals surface area contributed by atoms with E-state index in [4.69, 9.17) is 0 Å². The number of carbonyl (C=O) groups is 1. The fourth-order valence-electron chi connectivity index (χ4n) is 2.02. The van der Waals surface area contributed by atoms with Crippen molar-refractivity contribution in [2.75, 3.05) is 6.26 Å². The summed E-state index contributed by atoms with van der Waals surface area (Å²) in [5.74, 6) is -7.69. The van der Waals surface area contributed by atoms with Crippen molar-refractivity contribution in [3.8, 4) is 11.1 Å². The molecule has 0 bridgehead atoms. The van der Waals surface area contributed by atoms with Crippen molar-refractivity contribution in [3.05, 3.63) is 60.2 Å². The SMILES string of the molecule is CSc1ccc(-c2cccc(C=CC(=O)C(F)(F)C(F)(F)F)c2)cc1. The number of allylic oxidation sites excluding steroid dienone is 1. The minimum Gasteiger partial charge on any atom is -0.288 e. The first-order valence-corrected chi connectivity index (χ1v) is 8.29. The van der Waals surface area contributed by atoms with Crippen molar-refractivity contribution in [1.82, 2.24) is 0 Å². The fourth-order valence-corrected chi connectivity index (χ4v) is 2.43. The second kappa shape index (κ2) is 7.39. The summed E-state index contributed by atoms with van der Waals surface area (Å²) in [5.41, 5.74) is 1.96. The van der Waals surface area contributed by atoms with Gasteiger partial charge in [-0.1, -0.05) is 36.4 Å². The first-order valence-electron chi connectivity index (χ1n) is 7.06. The highest BCUT2D eigenvalue weighted by Gasteiger charge is 2.62. The monoisotopic (exact) mass is 372 g/mol. The zero-order valence-electron chi connectivity index (χ0n) is 13.0. The Morgan fingerprint density at radius 3 is 2.16 bits per heavy atom. The molecule has 2 aromatic carbocycles. The number of carbonyl (C=O) groups excluding carboxylic acids is 1. The molecule has 132 valence electrons. The number of benzene rings is 2. The number of hydrogen-bond acceptors (Lipinski definition) is 2. The maximum Gasteiger partial charge on any atom is 0.461 e. The number of thioether (sulfide) groups is 1. The van der Waals surface area contributed by atoms with Crippen LogP contribution in [0.2, 0.25) is 0 Å². The largest absolute Gasteiger partial charge is 0.461 e. The van der Waals surface area contributed by atoms with Crippen LogP contribution in [0.1, 0.15) is 5.56 Å². The van der Waals surface area contributed by atoms with E-state index < -0.39 is 17.9 Å². The molecular weight excluding hydrogens is 359 g/mol. The van der Waals surface area contributed by atoms with Gasteiger partial charge in [0, 0.05) is 4.90 Å². The van der Waals surface area contributed by atoms with Crippen molar-refractivity contribution >= 4 is 23.6 Å². The van der Waals surface area contributed by atoms with E-state index in [0.29, 0.717) is 5.56 Å². The van der Waals surface area contributed by atoms with E-state index in [1.165, 1.54) is 6.07 Å². The predicted octanol–water partition coefficient (Wildman–Crippen LogP) is 5.86. The smallest absolute Gasteiger partial charge is 0.288 e. The highest BCUT2D eigenvalue weighted by Crippen LogP contribution is 2.36. The van der Waals surface area contributed by atoms with Gasteiger partial charge >= 0.3 is 12.1 Å². The molecule has 0 radical (unpaired) electrons. The van der Waals surface area contributed by atoms with Crippen LogP contribution >= 0.6 is 11.8 Å². The molecule has 0 aliphatic carbocycles. The fraction of sp³-hybridized carbons (Fsp3) is 0.167. The summed E-state index contributed by atoms with van der Waals surface area (Å²) >= 11 is 1.58. The van der Waals surface area contributed by atoms with E-state index >= 15 is 0 Å². The molecule has 2 aromatic rings. The molecule has 0 N–H and O–H groups in total. The zero-order valence-corrected chi connectivity index (χ0v) is 13.8. The molecule has 0 aliphatic rings. The minimum atomic E-state index is -5.91. The predicted molar refractivity (Wildman–Crippen MR) is 88.7 cm³/mol. The molecule has 0 atom stereocenters. The molecule has 0 spiro atoms. The van der Waals surface area contributed by atoms with Gasteiger partial charge < -0.3 is 0 Å². The van der Waals surface area contributed by atoms with Gasteiger partial charge in [0.15, 0.2) is 0 Å². The molecule has 1 nitrogen and oxygen atoms in total. The van der Waals surface area contributed by atoms with Crippen molar-refractivity contribution in [1.29, 1.82) is 0 Å². The third kappa shape index (κ3) is 4.48. The van der Waals surface area contributed by atoms with Gasteiger partial charge in [-0.2, -0.15) is 22.0 Å². The maximum absolute atomic E-state index is 12.9. The molecular formula is C18H13F5OS. The standard InChI is InChI=1S/C18H13F5OS/c1-25-15-8-6-13(7-9-15)14-4-2-3-12(11-14)5-10-16(24)17(19,20)18(21,22)23/h2-11H,1H3. The lowest BCUT2D eigenvalue weighted by Gasteiger charge is -2.16. The average Bonchev–Trinajstić information content (AvgIpc) is 2.59.